The lowest BCUT2D eigenvalue weighted by atomic mass is 10.2. The Hall–Kier alpha value is -3.56. The van der Waals surface area contributed by atoms with Crippen LogP contribution in [0.15, 0.2) is 60.7 Å². The van der Waals surface area contributed by atoms with Crippen LogP contribution < -0.4 is 0 Å². The second kappa shape index (κ2) is 10.7. The number of nitro benzene ring substituents is 2. The summed E-state index contributed by atoms with van der Waals surface area (Å²) in [6.07, 6.45) is -0.322. The highest BCUT2D eigenvalue weighted by Gasteiger charge is 2.15. The highest BCUT2D eigenvalue weighted by atomic mass is 16.6. The van der Waals surface area contributed by atoms with Gasteiger partial charge in [-0.3, -0.25) is 20.2 Å². The summed E-state index contributed by atoms with van der Waals surface area (Å²) in [4.78, 5) is 21.1. The predicted octanol–water partition coefficient (Wildman–Crippen LogP) is 4.72. The van der Waals surface area contributed by atoms with Crippen molar-refractivity contribution in [3.8, 4) is 0 Å². The smallest absolute Gasteiger partial charge is 0.269 e. The van der Waals surface area contributed by atoms with Gasteiger partial charge < -0.3 is 14.0 Å². The van der Waals surface area contributed by atoms with E-state index in [1.165, 1.54) is 24.3 Å². The van der Waals surface area contributed by atoms with Crippen LogP contribution >= 0.6 is 0 Å². The molecule has 1 atom stereocenters. The quantitative estimate of drug-likeness (QED) is 0.316. The summed E-state index contributed by atoms with van der Waals surface area (Å²) in [5, 5.41) is 22.0. The van der Waals surface area contributed by atoms with E-state index in [-0.39, 0.29) is 37.3 Å². The molecule has 3 rings (SSSR count). The standard InChI is InChI=1S/C23H25N3O6/c1-17-9-10-18(2)24(17)13-23(32-15-20-6-4-8-22(12-20)26(29)30)16-31-14-19-5-3-7-21(11-19)25(27)28/h3-12,23H,13-16H2,1-2H3/t23-/m1/s1. The number of aryl methyl sites for hydroxylation is 2. The SMILES string of the molecule is Cc1ccc(C)n1C[C@H](COCc1cccc([N+](=O)[O-])c1)OCc1cccc([N+](=O)[O-])c1. The Morgan fingerprint density at radius 2 is 1.38 bits per heavy atom. The van der Waals surface area contributed by atoms with Crippen molar-refractivity contribution in [3.05, 3.63) is 103 Å². The molecule has 0 bridgehead atoms. The van der Waals surface area contributed by atoms with E-state index >= 15 is 0 Å². The fraction of sp³-hybridized carbons (Fsp3) is 0.304. The summed E-state index contributed by atoms with van der Waals surface area (Å²) < 4.78 is 14.0. The molecule has 0 fully saturated rings. The molecule has 0 aliphatic carbocycles. The Kier molecular flexibility index (Phi) is 7.69. The molecule has 0 radical (unpaired) electrons. The molecule has 0 saturated heterocycles. The van der Waals surface area contributed by atoms with Gasteiger partial charge in [0.2, 0.25) is 0 Å². The molecule has 3 aromatic rings. The molecular formula is C23H25N3O6. The third-order valence-corrected chi connectivity index (χ3v) is 5.10. The summed E-state index contributed by atoms with van der Waals surface area (Å²) in [5.41, 5.74) is 3.61. The number of non-ortho nitro benzene ring substituents is 2. The van der Waals surface area contributed by atoms with Crippen LogP contribution in [0.2, 0.25) is 0 Å². The molecular weight excluding hydrogens is 414 g/mol. The van der Waals surface area contributed by atoms with Crippen molar-refractivity contribution in [2.45, 2.75) is 39.7 Å². The summed E-state index contributed by atoms with van der Waals surface area (Å²) in [5.74, 6) is 0. The first-order valence-electron chi connectivity index (χ1n) is 10.1. The number of hydrogen-bond acceptors (Lipinski definition) is 6. The van der Waals surface area contributed by atoms with Gasteiger partial charge in [0.1, 0.15) is 0 Å². The molecule has 1 heterocycles. The zero-order chi connectivity index (χ0) is 23.1. The number of ether oxygens (including phenoxy) is 2. The fourth-order valence-electron chi connectivity index (χ4n) is 3.39. The molecule has 2 aromatic carbocycles. The van der Waals surface area contributed by atoms with Crippen molar-refractivity contribution >= 4 is 11.4 Å². The third kappa shape index (κ3) is 6.22. The largest absolute Gasteiger partial charge is 0.374 e. The molecule has 0 N–H and O–H groups in total. The monoisotopic (exact) mass is 439 g/mol. The maximum Gasteiger partial charge on any atom is 0.269 e. The second-order valence-electron chi connectivity index (χ2n) is 7.53. The minimum Gasteiger partial charge on any atom is -0.374 e. The van der Waals surface area contributed by atoms with E-state index in [4.69, 9.17) is 9.47 Å². The van der Waals surface area contributed by atoms with Gasteiger partial charge in [-0.1, -0.05) is 24.3 Å². The molecule has 9 heteroatoms. The first-order chi connectivity index (χ1) is 15.3. The lowest BCUT2D eigenvalue weighted by molar-refractivity contribution is -0.385. The van der Waals surface area contributed by atoms with Crippen LogP contribution in [-0.2, 0) is 29.2 Å². The summed E-state index contributed by atoms with van der Waals surface area (Å²) in [7, 11) is 0. The average Bonchev–Trinajstić information content (AvgIpc) is 3.09. The van der Waals surface area contributed by atoms with Crippen molar-refractivity contribution in [2.75, 3.05) is 6.61 Å². The Bertz CT molecular complexity index is 1080. The molecule has 1 aromatic heterocycles. The normalized spacial score (nSPS) is 11.9. The Morgan fingerprint density at radius 1 is 0.844 bits per heavy atom. The summed E-state index contributed by atoms with van der Waals surface area (Å²) >= 11 is 0. The van der Waals surface area contributed by atoms with Crippen LogP contribution in [0.1, 0.15) is 22.5 Å². The van der Waals surface area contributed by atoms with Crippen LogP contribution in [0.3, 0.4) is 0 Å². The number of nitro groups is 2. The van der Waals surface area contributed by atoms with Gasteiger partial charge >= 0.3 is 0 Å². The number of rotatable bonds is 11. The van der Waals surface area contributed by atoms with E-state index < -0.39 is 9.85 Å². The van der Waals surface area contributed by atoms with Gasteiger partial charge in [0.15, 0.2) is 0 Å². The van der Waals surface area contributed by atoms with Gasteiger partial charge in [-0.05, 0) is 37.1 Å². The summed E-state index contributed by atoms with van der Waals surface area (Å²) in [6.45, 7) is 5.24. The number of hydrogen-bond donors (Lipinski definition) is 0. The minimum atomic E-state index is -0.438. The lowest BCUT2D eigenvalue weighted by Crippen LogP contribution is -2.26. The van der Waals surface area contributed by atoms with Gasteiger partial charge in [-0.2, -0.15) is 0 Å². The first kappa shape index (κ1) is 23.1. The zero-order valence-corrected chi connectivity index (χ0v) is 18.0. The Labute approximate surface area is 185 Å². The van der Waals surface area contributed by atoms with Crippen LogP contribution in [0.5, 0.6) is 0 Å². The van der Waals surface area contributed by atoms with Crippen LogP contribution in [0.4, 0.5) is 11.4 Å². The molecule has 32 heavy (non-hydrogen) atoms. The van der Waals surface area contributed by atoms with E-state index in [1.54, 1.807) is 24.3 Å². The molecule has 0 saturated carbocycles. The van der Waals surface area contributed by atoms with E-state index in [2.05, 4.69) is 4.57 Å². The zero-order valence-electron chi connectivity index (χ0n) is 18.0. The maximum absolute atomic E-state index is 11.0. The maximum atomic E-state index is 11.0. The van der Waals surface area contributed by atoms with Gasteiger partial charge in [-0.15, -0.1) is 0 Å². The second-order valence-corrected chi connectivity index (χ2v) is 7.53. The van der Waals surface area contributed by atoms with Crippen LogP contribution in [0.25, 0.3) is 0 Å². The van der Waals surface area contributed by atoms with Crippen LogP contribution in [-0.4, -0.2) is 27.1 Å². The first-order valence-corrected chi connectivity index (χ1v) is 10.1. The fourth-order valence-corrected chi connectivity index (χ4v) is 3.39. The highest BCUT2D eigenvalue weighted by Crippen LogP contribution is 2.17. The van der Waals surface area contributed by atoms with E-state index in [0.29, 0.717) is 17.7 Å². The molecule has 0 spiro atoms. The van der Waals surface area contributed by atoms with Crippen molar-refractivity contribution in [2.24, 2.45) is 0 Å². The van der Waals surface area contributed by atoms with Gasteiger partial charge in [0, 0.05) is 35.7 Å². The Balaban J connectivity index is 1.66. The highest BCUT2D eigenvalue weighted by molar-refractivity contribution is 5.34. The molecule has 9 nitrogen and oxygen atoms in total. The van der Waals surface area contributed by atoms with Crippen molar-refractivity contribution in [1.29, 1.82) is 0 Å². The lowest BCUT2D eigenvalue weighted by Gasteiger charge is -2.21. The van der Waals surface area contributed by atoms with E-state index in [9.17, 15) is 20.2 Å². The van der Waals surface area contributed by atoms with Gasteiger partial charge in [-0.25, -0.2) is 0 Å². The number of nitrogens with zero attached hydrogens (tertiary/aromatic N) is 3. The molecule has 0 aliphatic heterocycles. The van der Waals surface area contributed by atoms with Crippen LogP contribution in [0, 0.1) is 34.1 Å². The predicted molar refractivity (Wildman–Crippen MR) is 118 cm³/mol. The number of aromatic nitrogens is 1. The summed E-state index contributed by atoms with van der Waals surface area (Å²) in [6, 6.07) is 16.7. The van der Waals surface area contributed by atoms with Gasteiger partial charge in [0.05, 0.1) is 42.3 Å². The molecule has 0 amide bonds. The molecule has 0 aliphatic rings. The van der Waals surface area contributed by atoms with Crippen molar-refractivity contribution in [3.63, 3.8) is 0 Å². The Morgan fingerprint density at radius 3 is 1.91 bits per heavy atom. The van der Waals surface area contributed by atoms with E-state index in [1.807, 2.05) is 26.0 Å². The van der Waals surface area contributed by atoms with Crippen molar-refractivity contribution in [1.82, 2.24) is 4.57 Å². The number of benzene rings is 2. The van der Waals surface area contributed by atoms with Crippen molar-refractivity contribution < 1.29 is 19.3 Å². The van der Waals surface area contributed by atoms with Gasteiger partial charge in [0.25, 0.3) is 11.4 Å². The molecule has 0 unspecified atom stereocenters. The molecule has 168 valence electrons. The van der Waals surface area contributed by atoms with E-state index in [0.717, 1.165) is 11.4 Å². The third-order valence-electron chi connectivity index (χ3n) is 5.10. The average molecular weight is 439 g/mol. The topological polar surface area (TPSA) is 110 Å². The minimum absolute atomic E-state index is 0.0154.